The molecule has 2 saturated heterocycles. The molecular formula is C36H48N4O6. The molecule has 2 aromatic rings. The fourth-order valence-corrected chi connectivity index (χ4v) is 7.28. The van der Waals surface area contributed by atoms with Gasteiger partial charge in [0.05, 0.1) is 11.7 Å². The molecule has 3 fully saturated rings. The molecule has 2 aliphatic heterocycles. The summed E-state index contributed by atoms with van der Waals surface area (Å²) in [5.74, 6) is -1.43. The van der Waals surface area contributed by atoms with Crippen molar-refractivity contribution in [2.24, 2.45) is 5.92 Å². The highest BCUT2D eigenvalue weighted by Crippen LogP contribution is 2.36. The van der Waals surface area contributed by atoms with E-state index in [2.05, 4.69) is 22.5 Å². The van der Waals surface area contributed by atoms with Gasteiger partial charge in [0, 0.05) is 38.3 Å². The van der Waals surface area contributed by atoms with E-state index in [1.165, 1.54) is 12.1 Å². The van der Waals surface area contributed by atoms with Gasteiger partial charge in [-0.05, 0) is 73.4 Å². The minimum absolute atomic E-state index is 0.0379. The van der Waals surface area contributed by atoms with Crippen molar-refractivity contribution < 1.29 is 29.4 Å². The average molecular weight is 633 g/mol. The van der Waals surface area contributed by atoms with Crippen molar-refractivity contribution in [3.8, 4) is 0 Å². The first-order chi connectivity index (χ1) is 22.2. The number of rotatable bonds is 11. The number of benzene rings is 2. The Hall–Kier alpha value is -3.76. The molecule has 0 radical (unpaired) electrons. The van der Waals surface area contributed by atoms with Crippen LogP contribution in [0.4, 0.5) is 0 Å². The van der Waals surface area contributed by atoms with Gasteiger partial charge in [-0.15, -0.1) is 0 Å². The zero-order valence-corrected chi connectivity index (χ0v) is 26.9. The third-order valence-corrected chi connectivity index (χ3v) is 10.2. The molecule has 4 N–H and O–H groups in total. The molecule has 0 aromatic heterocycles. The second-order valence-electron chi connectivity index (χ2n) is 13.2. The molecule has 1 aliphatic carbocycles. The molecular weight excluding hydrogens is 584 g/mol. The summed E-state index contributed by atoms with van der Waals surface area (Å²) in [6.45, 7) is 4.87. The van der Waals surface area contributed by atoms with E-state index in [1.807, 2.05) is 17.0 Å². The van der Waals surface area contributed by atoms with Crippen molar-refractivity contribution in [3.05, 3.63) is 70.8 Å². The number of carboxylic acid groups (broad SMARTS) is 1. The zero-order valence-electron chi connectivity index (χ0n) is 26.9. The van der Waals surface area contributed by atoms with Gasteiger partial charge in [-0.3, -0.25) is 19.3 Å². The van der Waals surface area contributed by atoms with Crippen molar-refractivity contribution >= 4 is 23.7 Å². The lowest BCUT2D eigenvalue weighted by molar-refractivity contribution is -0.165. The lowest BCUT2D eigenvalue weighted by atomic mass is 9.79. The largest absolute Gasteiger partial charge is 0.478 e. The summed E-state index contributed by atoms with van der Waals surface area (Å²) in [5, 5.41) is 26.2. The van der Waals surface area contributed by atoms with Gasteiger partial charge in [0.1, 0.15) is 11.6 Å². The van der Waals surface area contributed by atoms with E-state index in [-0.39, 0.29) is 29.2 Å². The van der Waals surface area contributed by atoms with Crippen LogP contribution in [0.25, 0.3) is 0 Å². The Morgan fingerprint density at radius 3 is 2.15 bits per heavy atom. The van der Waals surface area contributed by atoms with E-state index in [9.17, 15) is 24.3 Å². The molecule has 2 heterocycles. The molecule has 2 atom stereocenters. The Balaban J connectivity index is 1.17. The molecule has 248 valence electrons. The van der Waals surface area contributed by atoms with Crippen molar-refractivity contribution in [1.82, 2.24) is 20.4 Å². The third-order valence-electron chi connectivity index (χ3n) is 10.2. The number of carboxylic acids is 1. The number of amides is 3. The Bertz CT molecular complexity index is 1360. The standard InChI is InChI=1S/C36H48N4O6/c1-2-3-20-40-33(43)30(31(41)27-8-6-4-5-7-9-27)38-35(46)36(40)18-21-39(22-19-36)24-26-12-14-28(15-13-26)32(42)37-23-25-10-16-29(17-11-25)34(44)45/h10-17,27,30-31,41H,2-9,18-24H2,1H3,(H,37,42)(H,38,46)(H,44,45)/t30-,31-/m1/s1. The molecule has 3 amide bonds. The van der Waals surface area contributed by atoms with E-state index < -0.39 is 23.7 Å². The normalized spacial score (nSPS) is 21.4. The lowest BCUT2D eigenvalue weighted by Gasteiger charge is -2.52. The quantitative estimate of drug-likeness (QED) is 0.274. The maximum absolute atomic E-state index is 13.9. The summed E-state index contributed by atoms with van der Waals surface area (Å²) in [6.07, 6.45) is 8.16. The van der Waals surface area contributed by atoms with Gasteiger partial charge in [0.25, 0.3) is 5.91 Å². The van der Waals surface area contributed by atoms with Gasteiger partial charge in [-0.2, -0.15) is 0 Å². The number of nitrogens with one attached hydrogen (secondary N) is 2. The number of piperidine rings is 1. The number of unbranched alkanes of at least 4 members (excludes halogenated alkanes) is 1. The predicted octanol–water partition coefficient (Wildman–Crippen LogP) is 4.11. The van der Waals surface area contributed by atoms with E-state index >= 15 is 0 Å². The van der Waals surface area contributed by atoms with Gasteiger partial charge < -0.3 is 25.7 Å². The minimum Gasteiger partial charge on any atom is -0.478 e. The van der Waals surface area contributed by atoms with Gasteiger partial charge in [0.15, 0.2) is 0 Å². The van der Waals surface area contributed by atoms with Gasteiger partial charge >= 0.3 is 5.97 Å². The molecule has 1 saturated carbocycles. The predicted molar refractivity (Wildman–Crippen MR) is 174 cm³/mol. The highest BCUT2D eigenvalue weighted by molar-refractivity contribution is 6.00. The molecule has 10 heteroatoms. The number of hydrogen-bond donors (Lipinski definition) is 4. The Morgan fingerprint density at radius 1 is 0.935 bits per heavy atom. The van der Waals surface area contributed by atoms with Crippen LogP contribution in [0.5, 0.6) is 0 Å². The van der Waals surface area contributed by atoms with Crippen molar-refractivity contribution in [1.29, 1.82) is 0 Å². The average Bonchev–Trinajstić information content (AvgIpc) is 3.36. The highest BCUT2D eigenvalue weighted by atomic mass is 16.4. The second kappa shape index (κ2) is 15.2. The number of carbonyl (C=O) groups is 4. The van der Waals surface area contributed by atoms with Crippen LogP contribution >= 0.6 is 0 Å². The summed E-state index contributed by atoms with van der Waals surface area (Å²) < 4.78 is 0. The number of aromatic carboxylic acids is 1. The van der Waals surface area contributed by atoms with Crippen molar-refractivity contribution in [3.63, 3.8) is 0 Å². The van der Waals surface area contributed by atoms with Gasteiger partial charge in [-0.1, -0.05) is 63.3 Å². The van der Waals surface area contributed by atoms with Crippen molar-refractivity contribution in [2.75, 3.05) is 19.6 Å². The van der Waals surface area contributed by atoms with E-state index in [1.54, 1.807) is 24.3 Å². The highest BCUT2D eigenvalue weighted by Gasteiger charge is 2.55. The molecule has 1 spiro atoms. The molecule has 46 heavy (non-hydrogen) atoms. The fraction of sp³-hybridized carbons (Fsp3) is 0.556. The first-order valence-electron chi connectivity index (χ1n) is 16.9. The lowest BCUT2D eigenvalue weighted by Crippen LogP contribution is -2.75. The minimum atomic E-state index is -0.988. The summed E-state index contributed by atoms with van der Waals surface area (Å²) >= 11 is 0. The van der Waals surface area contributed by atoms with Gasteiger partial charge in [0.2, 0.25) is 11.8 Å². The third kappa shape index (κ3) is 7.61. The number of likely N-dealkylation sites (tertiary alicyclic amines) is 1. The molecule has 10 nitrogen and oxygen atoms in total. The van der Waals surface area contributed by atoms with Crippen LogP contribution in [0.1, 0.15) is 103 Å². The SMILES string of the molecule is CCCCN1C(=O)[C@@H]([C@H](O)C2CCCCCC2)NC(=O)C12CCN(Cc1ccc(C(=O)NCc3ccc(C(=O)O)cc3)cc1)CC2. The van der Waals surface area contributed by atoms with Crippen molar-refractivity contribution in [2.45, 2.75) is 102 Å². The Morgan fingerprint density at radius 2 is 1.54 bits per heavy atom. The number of carbonyl (C=O) groups excluding carboxylic acids is 3. The first kappa shape index (κ1) is 33.6. The number of aliphatic hydroxyl groups excluding tert-OH is 1. The molecule has 3 aliphatic rings. The van der Waals surface area contributed by atoms with E-state index in [4.69, 9.17) is 5.11 Å². The van der Waals surface area contributed by atoms with Gasteiger partial charge in [-0.25, -0.2) is 4.79 Å². The number of hydrogen-bond acceptors (Lipinski definition) is 6. The van der Waals surface area contributed by atoms with E-state index in [0.717, 1.165) is 62.5 Å². The number of aliphatic hydroxyl groups is 1. The molecule has 5 rings (SSSR count). The topological polar surface area (TPSA) is 139 Å². The number of piperazine rings is 1. The van der Waals surface area contributed by atoms with Crippen LogP contribution in [-0.2, 0) is 22.7 Å². The second-order valence-corrected chi connectivity index (χ2v) is 13.2. The number of nitrogens with zero attached hydrogens (tertiary/aromatic N) is 2. The Labute approximate surface area is 271 Å². The van der Waals surface area contributed by atoms with Crippen LogP contribution in [0.2, 0.25) is 0 Å². The summed E-state index contributed by atoms with van der Waals surface area (Å²) in [6, 6.07) is 13.0. The van der Waals surface area contributed by atoms with E-state index in [0.29, 0.717) is 51.1 Å². The summed E-state index contributed by atoms with van der Waals surface area (Å²) in [7, 11) is 0. The first-order valence-corrected chi connectivity index (χ1v) is 16.9. The Kier molecular flexibility index (Phi) is 11.1. The van der Waals surface area contributed by atoms with Crippen LogP contribution in [0, 0.1) is 5.92 Å². The fourth-order valence-electron chi connectivity index (χ4n) is 7.28. The van der Waals surface area contributed by atoms with Crippen LogP contribution in [0.3, 0.4) is 0 Å². The maximum atomic E-state index is 13.9. The van der Waals surface area contributed by atoms with Crippen LogP contribution in [-0.4, -0.2) is 81.0 Å². The maximum Gasteiger partial charge on any atom is 0.335 e. The van der Waals surface area contributed by atoms with Crippen LogP contribution in [0.15, 0.2) is 48.5 Å². The molecule has 0 unspecified atom stereocenters. The molecule has 0 bridgehead atoms. The molecule has 2 aromatic carbocycles. The summed E-state index contributed by atoms with van der Waals surface area (Å²) in [4.78, 5) is 55.6. The summed E-state index contributed by atoms with van der Waals surface area (Å²) in [5.41, 5.74) is 1.71. The van der Waals surface area contributed by atoms with Crippen LogP contribution < -0.4 is 10.6 Å². The smallest absolute Gasteiger partial charge is 0.335 e. The monoisotopic (exact) mass is 632 g/mol. The zero-order chi connectivity index (χ0) is 32.7.